The highest BCUT2D eigenvalue weighted by Gasteiger charge is 2.32. The Hall–Kier alpha value is -2.62. The Balaban J connectivity index is 1.61. The Kier molecular flexibility index (Phi) is 5.56. The maximum atomic E-state index is 13.2. The summed E-state index contributed by atoms with van der Waals surface area (Å²) in [5.41, 5.74) is 3.73. The molecular weight excluding hydrogens is 396 g/mol. The van der Waals surface area contributed by atoms with Gasteiger partial charge in [-0.15, -0.1) is 5.10 Å². The van der Waals surface area contributed by atoms with E-state index in [4.69, 9.17) is 9.47 Å². The predicted octanol–water partition coefficient (Wildman–Crippen LogP) is 1.73. The van der Waals surface area contributed by atoms with Crippen molar-refractivity contribution < 1.29 is 9.47 Å². The van der Waals surface area contributed by atoms with Crippen molar-refractivity contribution in [2.45, 2.75) is 45.4 Å². The molecule has 0 spiro atoms. The molecular formula is C22H28N6O3. The molecule has 4 heterocycles. The minimum atomic E-state index is -0.352. The predicted molar refractivity (Wildman–Crippen MR) is 115 cm³/mol. The van der Waals surface area contributed by atoms with Crippen LogP contribution in [-0.4, -0.2) is 69.1 Å². The smallest absolute Gasteiger partial charge is 0.253 e. The number of aromatic amines is 1. The standard InChI is InChI=1S/C22H28N6O3/c1-14-10-16-12-18(22(29)23-19(16)11-15(14)2)20(27-5-8-30-9-6-27)21-24-25-26-28(21)13-17-4-3-7-31-17/h10-12,17,20H,3-9,13H2,1-2H3,(H,23,29)/t17-,20-/m1/s1. The molecule has 2 saturated heterocycles. The molecule has 9 nitrogen and oxygen atoms in total. The number of aromatic nitrogens is 5. The average Bonchev–Trinajstić information content (AvgIpc) is 3.44. The average molecular weight is 425 g/mol. The first-order valence-corrected chi connectivity index (χ1v) is 10.9. The van der Waals surface area contributed by atoms with Gasteiger partial charge in [-0.05, 0) is 71.8 Å². The van der Waals surface area contributed by atoms with Crippen molar-refractivity contribution in [1.29, 1.82) is 0 Å². The number of fused-ring (bicyclic) bond motifs is 1. The number of H-pyrrole nitrogens is 1. The molecule has 5 rings (SSSR count). The molecule has 9 heteroatoms. The summed E-state index contributed by atoms with van der Waals surface area (Å²) in [6.45, 7) is 8.16. The van der Waals surface area contributed by atoms with Crippen molar-refractivity contribution in [2.24, 2.45) is 0 Å². The monoisotopic (exact) mass is 424 g/mol. The third-order valence-electron chi connectivity index (χ3n) is 6.40. The van der Waals surface area contributed by atoms with Crippen LogP contribution < -0.4 is 5.56 Å². The van der Waals surface area contributed by atoms with Gasteiger partial charge in [0.1, 0.15) is 6.04 Å². The largest absolute Gasteiger partial charge is 0.379 e. The fourth-order valence-corrected chi connectivity index (χ4v) is 4.55. The SMILES string of the molecule is Cc1cc2cc([C@H](c3nnnn3C[C@H]3CCCO3)N3CCOCC3)c(=O)[nH]c2cc1C. The summed E-state index contributed by atoms with van der Waals surface area (Å²) in [6.07, 6.45) is 2.16. The van der Waals surface area contributed by atoms with Gasteiger partial charge in [-0.25, -0.2) is 4.68 Å². The van der Waals surface area contributed by atoms with E-state index in [-0.39, 0.29) is 17.7 Å². The summed E-state index contributed by atoms with van der Waals surface area (Å²) in [7, 11) is 0. The second-order valence-electron chi connectivity index (χ2n) is 8.48. The van der Waals surface area contributed by atoms with Gasteiger partial charge in [0.2, 0.25) is 0 Å². The molecule has 164 valence electrons. The number of pyridine rings is 1. The summed E-state index contributed by atoms with van der Waals surface area (Å²) >= 11 is 0. The van der Waals surface area contributed by atoms with Gasteiger partial charge in [-0.1, -0.05) is 0 Å². The number of nitrogens with one attached hydrogen (secondary N) is 1. The molecule has 0 amide bonds. The lowest BCUT2D eigenvalue weighted by Gasteiger charge is -2.33. The van der Waals surface area contributed by atoms with E-state index < -0.39 is 0 Å². The quantitative estimate of drug-likeness (QED) is 0.666. The minimum Gasteiger partial charge on any atom is -0.379 e. The van der Waals surface area contributed by atoms with E-state index >= 15 is 0 Å². The number of nitrogens with zero attached hydrogens (tertiary/aromatic N) is 5. The van der Waals surface area contributed by atoms with Crippen molar-refractivity contribution >= 4 is 10.9 Å². The lowest BCUT2D eigenvalue weighted by molar-refractivity contribution is 0.0205. The van der Waals surface area contributed by atoms with Crippen LogP contribution in [0.3, 0.4) is 0 Å². The maximum Gasteiger partial charge on any atom is 0.253 e. The summed E-state index contributed by atoms with van der Waals surface area (Å²) < 4.78 is 13.2. The zero-order chi connectivity index (χ0) is 21.4. The molecule has 0 radical (unpaired) electrons. The van der Waals surface area contributed by atoms with E-state index in [1.807, 2.05) is 12.1 Å². The summed E-state index contributed by atoms with van der Waals surface area (Å²) in [5, 5.41) is 13.6. The third-order valence-corrected chi connectivity index (χ3v) is 6.40. The Morgan fingerprint density at radius 1 is 1.16 bits per heavy atom. The molecule has 2 fully saturated rings. The van der Waals surface area contributed by atoms with Gasteiger partial charge in [0.05, 0.1) is 25.9 Å². The molecule has 0 aliphatic carbocycles. The molecule has 0 unspecified atom stereocenters. The molecule has 1 aromatic carbocycles. The van der Waals surface area contributed by atoms with Crippen LogP contribution in [0.15, 0.2) is 23.0 Å². The lowest BCUT2D eigenvalue weighted by atomic mass is 10.0. The topological polar surface area (TPSA) is 98.2 Å². The van der Waals surface area contributed by atoms with Crippen LogP contribution in [0.1, 0.15) is 41.4 Å². The molecule has 3 aromatic rings. The number of morpholine rings is 1. The first kappa shape index (κ1) is 20.3. The number of benzene rings is 1. The number of aryl methyl sites for hydroxylation is 2. The Morgan fingerprint density at radius 3 is 2.74 bits per heavy atom. The molecule has 31 heavy (non-hydrogen) atoms. The number of hydrogen-bond acceptors (Lipinski definition) is 7. The second kappa shape index (κ2) is 8.49. The van der Waals surface area contributed by atoms with E-state index in [0.29, 0.717) is 44.2 Å². The lowest BCUT2D eigenvalue weighted by Crippen LogP contribution is -2.42. The highest BCUT2D eigenvalue weighted by Crippen LogP contribution is 2.28. The van der Waals surface area contributed by atoms with Crippen LogP contribution in [0, 0.1) is 13.8 Å². The molecule has 2 atom stereocenters. The van der Waals surface area contributed by atoms with Crippen molar-refractivity contribution in [3.63, 3.8) is 0 Å². The molecule has 2 aliphatic rings. The first-order chi connectivity index (χ1) is 15.1. The first-order valence-electron chi connectivity index (χ1n) is 10.9. The van der Waals surface area contributed by atoms with Crippen molar-refractivity contribution in [2.75, 3.05) is 32.9 Å². The van der Waals surface area contributed by atoms with Crippen LogP contribution in [0.2, 0.25) is 0 Å². The van der Waals surface area contributed by atoms with E-state index in [2.05, 4.69) is 45.3 Å². The molecule has 0 bridgehead atoms. The van der Waals surface area contributed by atoms with Gasteiger partial charge >= 0.3 is 0 Å². The number of ether oxygens (including phenoxy) is 2. The van der Waals surface area contributed by atoms with Crippen LogP contribution in [0.25, 0.3) is 10.9 Å². The number of tetrazole rings is 1. The minimum absolute atomic E-state index is 0.105. The third kappa shape index (κ3) is 4.00. The van der Waals surface area contributed by atoms with Crippen LogP contribution in [0.5, 0.6) is 0 Å². The van der Waals surface area contributed by atoms with Crippen molar-refractivity contribution in [3.05, 3.63) is 51.1 Å². The number of rotatable bonds is 5. The molecule has 2 aromatic heterocycles. The summed E-state index contributed by atoms with van der Waals surface area (Å²) in [6, 6.07) is 5.79. The van der Waals surface area contributed by atoms with Gasteiger partial charge in [-0.2, -0.15) is 0 Å². The fourth-order valence-electron chi connectivity index (χ4n) is 4.55. The van der Waals surface area contributed by atoms with E-state index in [0.717, 1.165) is 35.9 Å². The molecule has 1 N–H and O–H groups in total. The van der Waals surface area contributed by atoms with Crippen LogP contribution in [0.4, 0.5) is 0 Å². The highest BCUT2D eigenvalue weighted by molar-refractivity contribution is 5.81. The Labute approximate surface area is 180 Å². The van der Waals surface area contributed by atoms with Gasteiger partial charge in [0.15, 0.2) is 5.82 Å². The zero-order valence-corrected chi connectivity index (χ0v) is 18.0. The van der Waals surface area contributed by atoms with Crippen LogP contribution in [-0.2, 0) is 16.0 Å². The van der Waals surface area contributed by atoms with E-state index in [1.54, 1.807) is 4.68 Å². The molecule has 0 saturated carbocycles. The second-order valence-corrected chi connectivity index (χ2v) is 8.48. The van der Waals surface area contributed by atoms with Gasteiger partial charge in [0, 0.05) is 30.8 Å². The maximum absolute atomic E-state index is 13.2. The Bertz CT molecular complexity index is 1130. The Morgan fingerprint density at radius 2 is 1.97 bits per heavy atom. The summed E-state index contributed by atoms with van der Waals surface area (Å²) in [4.78, 5) is 18.6. The van der Waals surface area contributed by atoms with Gasteiger partial charge in [-0.3, -0.25) is 9.69 Å². The highest BCUT2D eigenvalue weighted by atomic mass is 16.5. The van der Waals surface area contributed by atoms with E-state index in [9.17, 15) is 4.79 Å². The fraction of sp³-hybridized carbons (Fsp3) is 0.545. The summed E-state index contributed by atoms with van der Waals surface area (Å²) in [5.74, 6) is 0.672. The van der Waals surface area contributed by atoms with Gasteiger partial charge in [0.25, 0.3) is 5.56 Å². The number of hydrogen-bond donors (Lipinski definition) is 1. The molecule has 2 aliphatic heterocycles. The van der Waals surface area contributed by atoms with Crippen LogP contribution >= 0.6 is 0 Å². The van der Waals surface area contributed by atoms with Crippen molar-refractivity contribution in [1.82, 2.24) is 30.1 Å². The van der Waals surface area contributed by atoms with Crippen molar-refractivity contribution in [3.8, 4) is 0 Å². The van der Waals surface area contributed by atoms with E-state index in [1.165, 1.54) is 5.56 Å². The van der Waals surface area contributed by atoms with Gasteiger partial charge < -0.3 is 14.5 Å². The normalized spacial score (nSPS) is 21.0. The zero-order valence-electron chi connectivity index (χ0n) is 18.0.